The zero-order chi connectivity index (χ0) is 28.1. The molecular formula is C33H39NO4. The molecule has 0 atom stereocenters. The first-order valence-corrected chi connectivity index (χ1v) is 12.9. The summed E-state index contributed by atoms with van der Waals surface area (Å²) in [5.41, 5.74) is 3.80. The van der Waals surface area contributed by atoms with Gasteiger partial charge in [0, 0.05) is 24.8 Å². The lowest BCUT2D eigenvalue weighted by molar-refractivity contribution is -0.171. The van der Waals surface area contributed by atoms with Crippen LogP contribution in [0.4, 0.5) is 5.69 Å². The summed E-state index contributed by atoms with van der Waals surface area (Å²) in [7, 11) is 2.04. The standard InChI is InChI=1S/C33H39NO4/c1-23-20-26(21-24(2)30(23)37-33(6,7)31(36)38-32(3,4)5)14-19-29(35)27-15-17-28(18-16-27)34(8)22-25-12-10-9-11-13-25/h9-21H,22H2,1-8H3/b19-14+. The molecule has 3 aromatic rings. The van der Waals surface area contributed by atoms with E-state index in [9.17, 15) is 9.59 Å². The van der Waals surface area contributed by atoms with Crippen LogP contribution in [-0.4, -0.2) is 30.0 Å². The van der Waals surface area contributed by atoms with Gasteiger partial charge in [-0.2, -0.15) is 0 Å². The highest BCUT2D eigenvalue weighted by Crippen LogP contribution is 2.30. The average molecular weight is 514 g/mol. The summed E-state index contributed by atoms with van der Waals surface area (Å²) in [5, 5.41) is 0. The number of ketones is 1. The Balaban J connectivity index is 1.67. The fraction of sp³-hybridized carbons (Fsp3) is 0.333. The van der Waals surface area contributed by atoms with Crippen LogP contribution in [0.3, 0.4) is 0 Å². The molecule has 0 N–H and O–H groups in total. The monoisotopic (exact) mass is 513 g/mol. The predicted molar refractivity (Wildman–Crippen MR) is 155 cm³/mol. The number of carbonyl (C=O) groups is 2. The summed E-state index contributed by atoms with van der Waals surface area (Å²) in [6.07, 6.45) is 3.39. The van der Waals surface area contributed by atoms with Crippen LogP contribution in [-0.2, 0) is 16.1 Å². The molecule has 200 valence electrons. The molecule has 0 saturated carbocycles. The summed E-state index contributed by atoms with van der Waals surface area (Å²) in [4.78, 5) is 27.6. The van der Waals surface area contributed by atoms with Crippen molar-refractivity contribution in [2.24, 2.45) is 0 Å². The average Bonchev–Trinajstić information content (AvgIpc) is 2.84. The van der Waals surface area contributed by atoms with Crippen molar-refractivity contribution in [3.63, 3.8) is 0 Å². The second kappa shape index (κ2) is 11.7. The number of ether oxygens (including phenoxy) is 2. The molecule has 0 heterocycles. The zero-order valence-electron chi connectivity index (χ0n) is 23.8. The Hall–Kier alpha value is -3.86. The van der Waals surface area contributed by atoms with Gasteiger partial charge in [-0.05, 0) is 113 Å². The van der Waals surface area contributed by atoms with Crippen molar-refractivity contribution in [3.05, 3.63) is 101 Å². The van der Waals surface area contributed by atoms with Crippen LogP contribution in [0.5, 0.6) is 5.75 Å². The van der Waals surface area contributed by atoms with Gasteiger partial charge in [0.1, 0.15) is 11.4 Å². The molecule has 5 nitrogen and oxygen atoms in total. The molecule has 0 spiro atoms. The number of carbonyl (C=O) groups excluding carboxylic acids is 2. The van der Waals surface area contributed by atoms with Gasteiger partial charge in [0.25, 0.3) is 0 Å². The lowest BCUT2D eigenvalue weighted by Gasteiger charge is -2.30. The van der Waals surface area contributed by atoms with E-state index in [1.807, 2.05) is 96.3 Å². The van der Waals surface area contributed by atoms with E-state index in [1.165, 1.54) is 5.56 Å². The quantitative estimate of drug-likeness (QED) is 0.170. The second-order valence-corrected chi connectivity index (χ2v) is 11.2. The van der Waals surface area contributed by atoms with E-state index in [-0.39, 0.29) is 5.78 Å². The first kappa shape index (κ1) is 28.7. The third-order valence-corrected chi connectivity index (χ3v) is 6.01. The maximum absolute atomic E-state index is 12.8. The summed E-state index contributed by atoms with van der Waals surface area (Å²) < 4.78 is 11.6. The molecule has 3 aromatic carbocycles. The molecule has 38 heavy (non-hydrogen) atoms. The van der Waals surface area contributed by atoms with Crippen LogP contribution >= 0.6 is 0 Å². The summed E-state index contributed by atoms with van der Waals surface area (Å²) in [6.45, 7) is 13.6. The van der Waals surface area contributed by atoms with Gasteiger partial charge < -0.3 is 14.4 Å². The molecule has 0 saturated heterocycles. The lowest BCUT2D eigenvalue weighted by atomic mass is 10.0. The van der Waals surface area contributed by atoms with Crippen LogP contribution in [0, 0.1) is 13.8 Å². The maximum atomic E-state index is 12.8. The van der Waals surface area contributed by atoms with Gasteiger partial charge in [0.05, 0.1) is 0 Å². The van der Waals surface area contributed by atoms with E-state index < -0.39 is 17.2 Å². The Kier molecular flexibility index (Phi) is 8.82. The molecule has 0 amide bonds. The molecule has 0 aliphatic rings. The Bertz CT molecular complexity index is 1280. The molecular weight excluding hydrogens is 474 g/mol. The number of esters is 1. The number of benzene rings is 3. The fourth-order valence-corrected chi connectivity index (χ4v) is 4.04. The van der Waals surface area contributed by atoms with E-state index in [1.54, 1.807) is 26.0 Å². The van der Waals surface area contributed by atoms with Gasteiger partial charge in [-0.3, -0.25) is 4.79 Å². The first-order chi connectivity index (χ1) is 17.7. The highest BCUT2D eigenvalue weighted by Gasteiger charge is 2.35. The SMILES string of the molecule is Cc1cc(/C=C/C(=O)c2ccc(N(C)Cc3ccccc3)cc2)cc(C)c1OC(C)(C)C(=O)OC(C)(C)C. The molecule has 0 radical (unpaired) electrons. The molecule has 0 aliphatic carbocycles. The van der Waals surface area contributed by atoms with Gasteiger partial charge >= 0.3 is 5.97 Å². The molecule has 5 heteroatoms. The normalized spacial score (nSPS) is 11.9. The first-order valence-electron chi connectivity index (χ1n) is 12.9. The number of allylic oxidation sites excluding steroid dienone is 1. The maximum Gasteiger partial charge on any atom is 0.350 e. The molecule has 0 bridgehead atoms. The minimum Gasteiger partial charge on any atom is -0.476 e. The van der Waals surface area contributed by atoms with Crippen LogP contribution in [0.15, 0.2) is 72.8 Å². The van der Waals surface area contributed by atoms with Crippen molar-refractivity contribution in [1.29, 1.82) is 0 Å². The topological polar surface area (TPSA) is 55.8 Å². The summed E-state index contributed by atoms with van der Waals surface area (Å²) in [5.74, 6) is 0.152. The van der Waals surface area contributed by atoms with Gasteiger partial charge in [0.2, 0.25) is 0 Å². The Morgan fingerprint density at radius 3 is 2.00 bits per heavy atom. The van der Waals surface area contributed by atoms with Gasteiger partial charge in [-0.25, -0.2) is 4.79 Å². The smallest absolute Gasteiger partial charge is 0.350 e. The van der Waals surface area contributed by atoms with E-state index in [0.717, 1.165) is 28.9 Å². The van der Waals surface area contributed by atoms with Crippen molar-refractivity contribution in [3.8, 4) is 5.75 Å². The number of rotatable bonds is 9. The van der Waals surface area contributed by atoms with Crippen LogP contribution in [0.25, 0.3) is 6.08 Å². The predicted octanol–water partition coefficient (Wildman–Crippen LogP) is 7.34. The number of anilines is 1. The Morgan fingerprint density at radius 1 is 0.868 bits per heavy atom. The van der Waals surface area contributed by atoms with E-state index in [0.29, 0.717) is 11.3 Å². The Morgan fingerprint density at radius 2 is 1.45 bits per heavy atom. The largest absolute Gasteiger partial charge is 0.476 e. The van der Waals surface area contributed by atoms with Crippen molar-refractivity contribution < 1.29 is 19.1 Å². The molecule has 0 unspecified atom stereocenters. The number of nitrogens with zero attached hydrogens (tertiary/aromatic N) is 1. The minimum absolute atomic E-state index is 0.0658. The molecule has 3 rings (SSSR count). The zero-order valence-corrected chi connectivity index (χ0v) is 23.8. The minimum atomic E-state index is -1.14. The van der Waals surface area contributed by atoms with Crippen LogP contribution in [0.2, 0.25) is 0 Å². The highest BCUT2D eigenvalue weighted by atomic mass is 16.6. The van der Waals surface area contributed by atoms with Gasteiger partial charge in [0.15, 0.2) is 11.4 Å². The highest BCUT2D eigenvalue weighted by molar-refractivity contribution is 6.07. The van der Waals surface area contributed by atoms with Crippen molar-refractivity contribution in [2.75, 3.05) is 11.9 Å². The fourth-order valence-electron chi connectivity index (χ4n) is 4.04. The third-order valence-electron chi connectivity index (χ3n) is 6.01. The van der Waals surface area contributed by atoms with E-state index >= 15 is 0 Å². The second-order valence-electron chi connectivity index (χ2n) is 11.2. The molecule has 0 aliphatic heterocycles. The number of hydrogen-bond acceptors (Lipinski definition) is 5. The van der Waals surface area contributed by atoms with Crippen LogP contribution < -0.4 is 9.64 Å². The van der Waals surface area contributed by atoms with Crippen molar-refractivity contribution >= 4 is 23.5 Å². The van der Waals surface area contributed by atoms with Crippen LogP contribution in [0.1, 0.15) is 67.2 Å². The van der Waals surface area contributed by atoms with E-state index in [2.05, 4.69) is 17.0 Å². The third kappa shape index (κ3) is 7.82. The summed E-state index contributed by atoms with van der Waals surface area (Å²) in [6, 6.07) is 21.8. The number of aryl methyl sites for hydroxylation is 2. The molecule has 0 aromatic heterocycles. The molecule has 0 fully saturated rings. The van der Waals surface area contributed by atoms with Gasteiger partial charge in [-0.15, -0.1) is 0 Å². The number of hydrogen-bond donors (Lipinski definition) is 0. The van der Waals surface area contributed by atoms with Gasteiger partial charge in [-0.1, -0.05) is 36.4 Å². The van der Waals surface area contributed by atoms with Crippen molar-refractivity contribution in [1.82, 2.24) is 0 Å². The Labute approximate surface area is 227 Å². The van der Waals surface area contributed by atoms with Crippen molar-refractivity contribution in [2.45, 2.75) is 66.2 Å². The summed E-state index contributed by atoms with van der Waals surface area (Å²) >= 11 is 0. The van der Waals surface area contributed by atoms with E-state index in [4.69, 9.17) is 9.47 Å². The lowest BCUT2D eigenvalue weighted by Crippen LogP contribution is -2.43.